The van der Waals surface area contributed by atoms with Gasteiger partial charge in [-0.1, -0.05) is 51.1 Å². The molecule has 2 aromatic carbocycles. The van der Waals surface area contributed by atoms with Crippen LogP contribution < -0.4 is 10.0 Å². The first-order valence-electron chi connectivity index (χ1n) is 13.3. The van der Waals surface area contributed by atoms with Crippen LogP contribution in [0.25, 0.3) is 11.5 Å². The molecule has 0 bridgehead atoms. The number of carbonyl (C=O) groups excluding carboxylic acids is 1. The summed E-state index contributed by atoms with van der Waals surface area (Å²) < 4.78 is 64.9. The number of sulfonamides is 1. The van der Waals surface area contributed by atoms with Crippen molar-refractivity contribution < 1.29 is 31.1 Å². The van der Waals surface area contributed by atoms with Crippen molar-refractivity contribution in [2.75, 3.05) is 23.1 Å². The SMILES string of the molecule is CC(C)(C)C1CC(OC(N)=O)CCN1CCS(=O)(=O)N(Cc1ccc(-c2nnc(C(F)F)o2)cc1)c1ccccc1. The minimum absolute atomic E-state index is 0.0104. The van der Waals surface area contributed by atoms with Gasteiger partial charge in [0.15, 0.2) is 0 Å². The first-order valence-corrected chi connectivity index (χ1v) is 14.9. The monoisotopic (exact) mass is 591 g/mol. The molecule has 1 aliphatic heterocycles. The summed E-state index contributed by atoms with van der Waals surface area (Å²) in [5, 5.41) is 7.00. The van der Waals surface area contributed by atoms with Gasteiger partial charge in [-0.3, -0.25) is 9.21 Å². The predicted molar refractivity (Wildman–Crippen MR) is 150 cm³/mol. The molecule has 1 amide bonds. The van der Waals surface area contributed by atoms with E-state index in [1.54, 1.807) is 48.5 Å². The zero-order valence-corrected chi connectivity index (χ0v) is 24.1. The van der Waals surface area contributed by atoms with Crippen molar-refractivity contribution in [3.05, 3.63) is 66.1 Å². The molecule has 41 heavy (non-hydrogen) atoms. The molecule has 0 spiro atoms. The Morgan fingerprint density at radius 3 is 2.41 bits per heavy atom. The standard InChI is InChI=1S/C28H35F2N5O5S/c1-28(2,3)23-17-22(39-27(31)36)13-14-34(23)15-16-41(37,38)35(21-7-5-4-6-8-21)18-19-9-11-20(12-10-19)25-32-33-26(40-25)24(29)30/h4-12,22-24H,13-18H2,1-3H3,(H2,31,36). The number of alkyl halides is 2. The second kappa shape index (κ2) is 12.5. The Balaban J connectivity index is 1.51. The first kappa shape index (κ1) is 30.4. The summed E-state index contributed by atoms with van der Waals surface area (Å²) in [6.45, 7) is 7.18. The van der Waals surface area contributed by atoms with Gasteiger partial charge >= 0.3 is 12.5 Å². The van der Waals surface area contributed by atoms with E-state index in [4.69, 9.17) is 14.9 Å². The number of ether oxygens (including phenoxy) is 1. The van der Waals surface area contributed by atoms with E-state index in [2.05, 4.69) is 35.9 Å². The van der Waals surface area contributed by atoms with Crippen LogP contribution in [0.3, 0.4) is 0 Å². The largest absolute Gasteiger partial charge is 0.446 e. The van der Waals surface area contributed by atoms with Crippen molar-refractivity contribution in [1.82, 2.24) is 15.1 Å². The lowest BCUT2D eigenvalue weighted by Crippen LogP contribution is -2.53. The maximum atomic E-state index is 13.8. The van der Waals surface area contributed by atoms with Gasteiger partial charge in [-0.15, -0.1) is 10.2 Å². The molecule has 4 rings (SSSR count). The van der Waals surface area contributed by atoms with Crippen LogP contribution in [0.15, 0.2) is 59.0 Å². The normalized spacial score (nSPS) is 18.4. The lowest BCUT2D eigenvalue weighted by molar-refractivity contribution is -0.00779. The van der Waals surface area contributed by atoms with Crippen LogP contribution >= 0.6 is 0 Å². The average molecular weight is 592 g/mol. The molecule has 0 saturated carbocycles. The van der Waals surface area contributed by atoms with Crippen molar-refractivity contribution in [2.45, 2.75) is 58.7 Å². The Bertz CT molecular complexity index is 1410. The number of likely N-dealkylation sites (tertiary alicyclic amines) is 1. The number of hydrogen-bond donors (Lipinski definition) is 1. The molecule has 1 saturated heterocycles. The maximum absolute atomic E-state index is 13.8. The number of primary amides is 1. The third-order valence-electron chi connectivity index (χ3n) is 7.12. The molecular weight excluding hydrogens is 556 g/mol. The summed E-state index contributed by atoms with van der Waals surface area (Å²) in [5.41, 5.74) is 6.71. The molecule has 13 heteroatoms. The Kier molecular flexibility index (Phi) is 9.27. The Morgan fingerprint density at radius 2 is 1.83 bits per heavy atom. The predicted octanol–water partition coefficient (Wildman–Crippen LogP) is 4.99. The molecule has 0 radical (unpaired) electrons. The van der Waals surface area contributed by atoms with E-state index >= 15 is 0 Å². The topological polar surface area (TPSA) is 132 Å². The first-order chi connectivity index (χ1) is 19.3. The number of aromatic nitrogens is 2. The van der Waals surface area contributed by atoms with Crippen molar-refractivity contribution in [1.29, 1.82) is 0 Å². The zero-order valence-electron chi connectivity index (χ0n) is 23.2. The van der Waals surface area contributed by atoms with E-state index in [1.807, 2.05) is 6.07 Å². The van der Waals surface area contributed by atoms with Crippen molar-refractivity contribution >= 4 is 21.8 Å². The van der Waals surface area contributed by atoms with Crippen LogP contribution in [0, 0.1) is 5.41 Å². The van der Waals surface area contributed by atoms with E-state index in [0.29, 0.717) is 42.7 Å². The summed E-state index contributed by atoms with van der Waals surface area (Å²) in [4.78, 5) is 13.4. The fraction of sp³-hybridized carbons (Fsp3) is 0.464. The van der Waals surface area contributed by atoms with Crippen LogP contribution in [-0.2, 0) is 21.3 Å². The molecule has 222 valence electrons. The lowest BCUT2D eigenvalue weighted by Gasteiger charge is -2.45. The highest BCUT2D eigenvalue weighted by molar-refractivity contribution is 7.92. The number of nitrogens with two attached hydrogens (primary N) is 1. The lowest BCUT2D eigenvalue weighted by atomic mass is 9.80. The van der Waals surface area contributed by atoms with E-state index in [0.717, 1.165) is 0 Å². The van der Waals surface area contributed by atoms with Crippen molar-refractivity contribution in [3.63, 3.8) is 0 Å². The Hall–Kier alpha value is -3.58. The van der Waals surface area contributed by atoms with Gasteiger partial charge in [0.2, 0.25) is 15.9 Å². The van der Waals surface area contributed by atoms with E-state index in [9.17, 15) is 22.0 Å². The molecule has 2 N–H and O–H groups in total. The number of para-hydroxylation sites is 1. The number of anilines is 1. The van der Waals surface area contributed by atoms with Gasteiger partial charge in [-0.25, -0.2) is 13.2 Å². The van der Waals surface area contributed by atoms with Gasteiger partial charge in [0.25, 0.3) is 5.89 Å². The highest BCUT2D eigenvalue weighted by atomic mass is 32.2. The maximum Gasteiger partial charge on any atom is 0.404 e. The highest BCUT2D eigenvalue weighted by Gasteiger charge is 2.38. The molecule has 10 nitrogen and oxygen atoms in total. The number of carbonyl (C=O) groups is 1. The molecule has 2 heterocycles. The molecular formula is C28H35F2N5O5S. The Labute approximate surface area is 238 Å². The molecule has 1 aliphatic rings. The molecule has 2 unspecified atom stereocenters. The number of nitrogens with zero attached hydrogens (tertiary/aromatic N) is 4. The molecule has 1 fully saturated rings. The third kappa shape index (κ3) is 7.79. The summed E-state index contributed by atoms with van der Waals surface area (Å²) in [5.74, 6) is -0.923. The van der Waals surface area contributed by atoms with Crippen LogP contribution in [0.4, 0.5) is 19.3 Å². The smallest absolute Gasteiger partial charge is 0.404 e. The van der Waals surface area contributed by atoms with Crippen molar-refractivity contribution in [3.8, 4) is 11.5 Å². The number of halogens is 2. The number of rotatable bonds is 10. The van der Waals surface area contributed by atoms with Gasteiger partial charge < -0.3 is 14.9 Å². The fourth-order valence-electron chi connectivity index (χ4n) is 5.07. The van der Waals surface area contributed by atoms with Crippen LogP contribution in [0.1, 0.15) is 51.5 Å². The van der Waals surface area contributed by atoms with Crippen LogP contribution in [0.5, 0.6) is 0 Å². The fourth-order valence-corrected chi connectivity index (χ4v) is 6.54. The number of hydrogen-bond acceptors (Lipinski definition) is 8. The van der Waals surface area contributed by atoms with Gasteiger partial charge in [-0.2, -0.15) is 8.78 Å². The number of benzene rings is 2. The second-order valence-corrected chi connectivity index (χ2v) is 13.1. The molecule has 0 aliphatic carbocycles. The molecule has 2 atom stereocenters. The van der Waals surface area contributed by atoms with E-state index < -0.39 is 28.4 Å². The van der Waals surface area contributed by atoms with Gasteiger partial charge in [-0.05, 0) is 41.7 Å². The van der Waals surface area contributed by atoms with Gasteiger partial charge in [0, 0.05) is 31.1 Å². The molecule has 3 aromatic rings. The number of amides is 1. The third-order valence-corrected chi connectivity index (χ3v) is 8.83. The minimum atomic E-state index is -3.78. The van der Waals surface area contributed by atoms with E-state index in [1.165, 1.54) is 4.31 Å². The second-order valence-electron chi connectivity index (χ2n) is 11.1. The summed E-state index contributed by atoms with van der Waals surface area (Å²) in [7, 11) is -3.78. The zero-order chi connectivity index (χ0) is 29.8. The Morgan fingerprint density at radius 1 is 1.15 bits per heavy atom. The summed E-state index contributed by atoms with van der Waals surface area (Å²) in [6, 6.07) is 15.5. The average Bonchev–Trinajstić information content (AvgIpc) is 3.42. The van der Waals surface area contributed by atoms with E-state index in [-0.39, 0.29) is 35.7 Å². The van der Waals surface area contributed by atoms with Gasteiger partial charge in [0.1, 0.15) is 6.10 Å². The van der Waals surface area contributed by atoms with Crippen LogP contribution in [0.2, 0.25) is 0 Å². The minimum Gasteiger partial charge on any atom is -0.446 e. The summed E-state index contributed by atoms with van der Waals surface area (Å²) >= 11 is 0. The summed E-state index contributed by atoms with van der Waals surface area (Å²) in [6.07, 6.45) is -2.83. The molecule has 1 aromatic heterocycles. The number of piperidine rings is 1. The van der Waals surface area contributed by atoms with Crippen LogP contribution in [-0.4, -0.2) is 60.6 Å². The quantitative estimate of drug-likeness (QED) is 0.349. The highest BCUT2D eigenvalue weighted by Crippen LogP contribution is 2.33. The van der Waals surface area contributed by atoms with Crippen molar-refractivity contribution in [2.24, 2.45) is 11.1 Å². The van der Waals surface area contributed by atoms with Gasteiger partial charge in [0.05, 0.1) is 18.0 Å².